The Balaban J connectivity index is 1.87. The first-order chi connectivity index (χ1) is 12.0. The monoisotopic (exact) mass is 364 g/mol. The van der Waals surface area contributed by atoms with Crippen LogP contribution in [0.15, 0.2) is 36.4 Å². The van der Waals surface area contributed by atoms with Crippen molar-refractivity contribution in [1.82, 2.24) is 5.32 Å². The summed E-state index contributed by atoms with van der Waals surface area (Å²) in [6.45, 7) is 2.89. The van der Waals surface area contributed by atoms with Gasteiger partial charge in [-0.1, -0.05) is 17.7 Å². The summed E-state index contributed by atoms with van der Waals surface area (Å²) in [5.41, 5.74) is 1.26. The van der Waals surface area contributed by atoms with Gasteiger partial charge in [-0.05, 0) is 49.2 Å². The molecule has 0 unspecified atom stereocenters. The second-order valence-electron chi connectivity index (χ2n) is 5.21. The first-order valence-electron chi connectivity index (χ1n) is 7.86. The number of hydrogen-bond donors (Lipinski definition) is 3. The molecule has 6 nitrogen and oxygen atoms in total. The maximum Gasteiger partial charge on any atom is 0.319 e. The number of aromatic hydroxyl groups is 1. The molecule has 0 radical (unpaired) electrons. The van der Waals surface area contributed by atoms with E-state index in [2.05, 4.69) is 10.6 Å². The fourth-order valence-corrected chi connectivity index (χ4v) is 2.41. The molecule has 0 saturated heterocycles. The zero-order chi connectivity index (χ0) is 18.2. The second kappa shape index (κ2) is 9.03. The SMILES string of the molecule is CCOc1ccc(CCNC(=O)Nc2cc(Cl)ccc2O)cc1OC. The lowest BCUT2D eigenvalue weighted by Crippen LogP contribution is -2.30. The van der Waals surface area contributed by atoms with E-state index < -0.39 is 6.03 Å². The van der Waals surface area contributed by atoms with Gasteiger partial charge in [-0.3, -0.25) is 0 Å². The maximum absolute atomic E-state index is 11.9. The predicted octanol–water partition coefficient (Wildman–Crippen LogP) is 3.82. The van der Waals surface area contributed by atoms with E-state index in [0.29, 0.717) is 36.1 Å². The van der Waals surface area contributed by atoms with Crippen LogP contribution in [0.25, 0.3) is 0 Å². The summed E-state index contributed by atoms with van der Waals surface area (Å²) < 4.78 is 10.8. The van der Waals surface area contributed by atoms with E-state index >= 15 is 0 Å². The minimum absolute atomic E-state index is 0.0456. The smallest absolute Gasteiger partial charge is 0.319 e. The van der Waals surface area contributed by atoms with Crippen LogP contribution in [0.5, 0.6) is 17.2 Å². The highest BCUT2D eigenvalue weighted by Gasteiger charge is 2.08. The first-order valence-corrected chi connectivity index (χ1v) is 8.24. The van der Waals surface area contributed by atoms with Crippen molar-refractivity contribution in [3.63, 3.8) is 0 Å². The van der Waals surface area contributed by atoms with Crippen LogP contribution in [0.3, 0.4) is 0 Å². The number of rotatable bonds is 7. The molecule has 0 bridgehead atoms. The maximum atomic E-state index is 11.9. The summed E-state index contributed by atoms with van der Waals surface area (Å²) >= 11 is 5.84. The number of halogens is 1. The summed E-state index contributed by atoms with van der Waals surface area (Å²) in [4.78, 5) is 11.9. The number of ether oxygens (including phenoxy) is 2. The molecule has 0 aliphatic carbocycles. The van der Waals surface area contributed by atoms with Gasteiger partial charge < -0.3 is 25.2 Å². The summed E-state index contributed by atoms with van der Waals surface area (Å²) in [5, 5.41) is 15.4. The molecule has 0 aliphatic heterocycles. The summed E-state index contributed by atoms with van der Waals surface area (Å²) in [6.07, 6.45) is 0.623. The zero-order valence-electron chi connectivity index (χ0n) is 14.1. The first kappa shape index (κ1) is 18.7. The normalized spacial score (nSPS) is 10.2. The number of methoxy groups -OCH3 is 1. The number of carbonyl (C=O) groups is 1. The number of nitrogens with one attached hydrogen (secondary N) is 2. The summed E-state index contributed by atoms with van der Waals surface area (Å²) in [5.74, 6) is 1.30. The van der Waals surface area contributed by atoms with Gasteiger partial charge in [-0.25, -0.2) is 4.79 Å². The van der Waals surface area contributed by atoms with Crippen molar-refractivity contribution in [3.8, 4) is 17.2 Å². The quantitative estimate of drug-likeness (QED) is 0.652. The zero-order valence-corrected chi connectivity index (χ0v) is 14.9. The average Bonchev–Trinajstić information content (AvgIpc) is 2.59. The van der Waals surface area contributed by atoms with Crippen molar-refractivity contribution >= 4 is 23.3 Å². The third-order valence-corrected chi connectivity index (χ3v) is 3.67. The average molecular weight is 365 g/mol. The Morgan fingerprint density at radius 3 is 2.72 bits per heavy atom. The standard InChI is InChI=1S/C18H21ClN2O4/c1-3-25-16-7-4-12(10-17(16)24-2)8-9-20-18(23)21-14-11-13(19)5-6-15(14)22/h4-7,10-11,22H,3,8-9H2,1-2H3,(H2,20,21,23). The van der Waals surface area contributed by atoms with Gasteiger partial charge in [-0.15, -0.1) is 0 Å². The molecule has 7 heteroatoms. The van der Waals surface area contributed by atoms with Crippen LogP contribution >= 0.6 is 11.6 Å². The number of amides is 2. The van der Waals surface area contributed by atoms with Crippen molar-refractivity contribution in [2.45, 2.75) is 13.3 Å². The van der Waals surface area contributed by atoms with Gasteiger partial charge in [-0.2, -0.15) is 0 Å². The van der Waals surface area contributed by atoms with Gasteiger partial charge in [0.1, 0.15) is 5.75 Å². The Labute approximate surface area is 151 Å². The van der Waals surface area contributed by atoms with Crippen LogP contribution in [-0.2, 0) is 6.42 Å². The highest BCUT2D eigenvalue weighted by molar-refractivity contribution is 6.31. The Hall–Kier alpha value is -2.60. The van der Waals surface area contributed by atoms with Crippen LogP contribution in [0.4, 0.5) is 10.5 Å². The van der Waals surface area contributed by atoms with E-state index in [9.17, 15) is 9.90 Å². The van der Waals surface area contributed by atoms with Gasteiger partial charge in [0.05, 0.1) is 19.4 Å². The molecule has 0 atom stereocenters. The number of hydrogen-bond acceptors (Lipinski definition) is 4. The molecule has 2 aromatic carbocycles. The third kappa shape index (κ3) is 5.46. The molecule has 2 amide bonds. The number of phenols is 1. The highest BCUT2D eigenvalue weighted by atomic mass is 35.5. The Morgan fingerprint density at radius 1 is 1.20 bits per heavy atom. The lowest BCUT2D eigenvalue weighted by molar-refractivity contribution is 0.252. The Bertz CT molecular complexity index is 737. The van der Waals surface area contributed by atoms with E-state index in [4.69, 9.17) is 21.1 Å². The van der Waals surface area contributed by atoms with Crippen molar-refractivity contribution in [2.75, 3.05) is 25.6 Å². The molecule has 25 heavy (non-hydrogen) atoms. The highest BCUT2D eigenvalue weighted by Crippen LogP contribution is 2.28. The molecule has 2 aromatic rings. The number of phenolic OH excluding ortho intramolecular Hbond substituents is 1. The van der Waals surface area contributed by atoms with Gasteiger partial charge >= 0.3 is 6.03 Å². The van der Waals surface area contributed by atoms with Gasteiger partial charge in [0.15, 0.2) is 11.5 Å². The molecule has 0 heterocycles. The van der Waals surface area contributed by atoms with E-state index in [0.717, 1.165) is 5.56 Å². The molecule has 0 aliphatic rings. The van der Waals surface area contributed by atoms with Crippen molar-refractivity contribution in [2.24, 2.45) is 0 Å². The molecule has 3 N–H and O–H groups in total. The molecular weight excluding hydrogens is 344 g/mol. The molecule has 2 rings (SSSR count). The van der Waals surface area contributed by atoms with Crippen LogP contribution in [-0.4, -0.2) is 31.4 Å². The number of anilines is 1. The molecule has 134 valence electrons. The van der Waals surface area contributed by atoms with Gasteiger partial charge in [0, 0.05) is 11.6 Å². The van der Waals surface area contributed by atoms with E-state index in [-0.39, 0.29) is 11.4 Å². The van der Waals surface area contributed by atoms with Crippen LogP contribution < -0.4 is 20.1 Å². The Morgan fingerprint density at radius 2 is 2.00 bits per heavy atom. The minimum atomic E-state index is -0.421. The summed E-state index contributed by atoms with van der Waals surface area (Å²) in [7, 11) is 1.59. The van der Waals surface area contributed by atoms with Crippen LogP contribution in [0.2, 0.25) is 5.02 Å². The van der Waals surface area contributed by atoms with Crippen molar-refractivity contribution in [3.05, 3.63) is 47.0 Å². The van der Waals surface area contributed by atoms with Gasteiger partial charge in [0.2, 0.25) is 0 Å². The van der Waals surface area contributed by atoms with E-state index in [1.54, 1.807) is 13.2 Å². The number of urea groups is 1. The molecule has 0 aromatic heterocycles. The third-order valence-electron chi connectivity index (χ3n) is 3.43. The minimum Gasteiger partial charge on any atom is -0.506 e. The van der Waals surface area contributed by atoms with E-state index in [1.165, 1.54) is 12.1 Å². The largest absolute Gasteiger partial charge is 0.506 e. The fraction of sp³-hybridized carbons (Fsp3) is 0.278. The molecular formula is C18H21ClN2O4. The lowest BCUT2D eigenvalue weighted by Gasteiger charge is -2.12. The topological polar surface area (TPSA) is 79.8 Å². The molecule has 0 spiro atoms. The van der Waals surface area contributed by atoms with Crippen molar-refractivity contribution < 1.29 is 19.4 Å². The number of carbonyl (C=O) groups excluding carboxylic acids is 1. The van der Waals surface area contributed by atoms with Crippen molar-refractivity contribution in [1.29, 1.82) is 0 Å². The van der Waals surface area contributed by atoms with E-state index in [1.807, 2.05) is 25.1 Å². The second-order valence-corrected chi connectivity index (χ2v) is 5.65. The van der Waals surface area contributed by atoms with Gasteiger partial charge in [0.25, 0.3) is 0 Å². The predicted molar refractivity (Wildman–Crippen MR) is 98.0 cm³/mol. The molecule has 0 fully saturated rings. The lowest BCUT2D eigenvalue weighted by atomic mass is 10.1. The Kier molecular flexibility index (Phi) is 6.77. The molecule has 0 saturated carbocycles. The summed E-state index contributed by atoms with van der Waals surface area (Å²) in [6, 6.07) is 9.68. The number of benzene rings is 2. The van der Waals surface area contributed by atoms with Crippen LogP contribution in [0, 0.1) is 0 Å². The fourth-order valence-electron chi connectivity index (χ4n) is 2.24. The van der Waals surface area contributed by atoms with Crippen LogP contribution in [0.1, 0.15) is 12.5 Å².